The molecule has 1 unspecified atom stereocenters. The lowest BCUT2D eigenvalue weighted by Gasteiger charge is -2.16. The van der Waals surface area contributed by atoms with Gasteiger partial charge in [0, 0.05) is 24.5 Å². The number of pyridine rings is 1. The van der Waals surface area contributed by atoms with Crippen molar-refractivity contribution in [1.82, 2.24) is 10.3 Å². The van der Waals surface area contributed by atoms with Crippen LogP contribution in [0.3, 0.4) is 0 Å². The van der Waals surface area contributed by atoms with Gasteiger partial charge in [-0.2, -0.15) is 0 Å². The number of hydrogen-bond acceptors (Lipinski definition) is 5. The molecule has 0 aliphatic carbocycles. The molecule has 1 atom stereocenters. The number of carbonyl (C=O) groups excluding carboxylic acids is 1. The van der Waals surface area contributed by atoms with Crippen LogP contribution in [-0.2, 0) is 11.2 Å². The molecule has 2 N–H and O–H groups in total. The number of methoxy groups -OCH3 is 1. The van der Waals surface area contributed by atoms with E-state index < -0.39 is 0 Å². The van der Waals surface area contributed by atoms with E-state index in [1.165, 1.54) is 0 Å². The van der Waals surface area contributed by atoms with E-state index in [1.807, 2.05) is 74.5 Å². The number of aromatic nitrogens is 1. The highest BCUT2D eigenvalue weighted by Gasteiger charge is 2.12. The van der Waals surface area contributed by atoms with Gasteiger partial charge in [0.05, 0.1) is 7.11 Å². The van der Waals surface area contributed by atoms with Crippen molar-refractivity contribution in [3.05, 3.63) is 78.0 Å². The Balaban J connectivity index is 1.44. The Bertz CT molecular complexity index is 939. The standard InChI is InChI=1S/C24H27N3O3/c1-17-4-13-23(26-16-17)30-22-11-7-20(8-12-22)27-18(2)24(28)25-15-14-19-5-9-21(29-3)10-6-19/h4-13,16,18,27H,14-15H2,1-3H3,(H,25,28). The van der Waals surface area contributed by atoms with E-state index in [-0.39, 0.29) is 11.9 Å². The molecule has 0 radical (unpaired) electrons. The molecule has 6 heteroatoms. The van der Waals surface area contributed by atoms with E-state index >= 15 is 0 Å². The summed E-state index contributed by atoms with van der Waals surface area (Å²) < 4.78 is 10.9. The summed E-state index contributed by atoms with van der Waals surface area (Å²) in [5.74, 6) is 2.01. The maximum Gasteiger partial charge on any atom is 0.242 e. The topological polar surface area (TPSA) is 72.5 Å². The maximum atomic E-state index is 12.3. The van der Waals surface area contributed by atoms with Gasteiger partial charge in [0.2, 0.25) is 11.8 Å². The first kappa shape index (κ1) is 21.2. The summed E-state index contributed by atoms with van der Waals surface area (Å²) in [5, 5.41) is 6.17. The van der Waals surface area contributed by atoms with Gasteiger partial charge >= 0.3 is 0 Å². The van der Waals surface area contributed by atoms with Crippen LogP contribution in [0.1, 0.15) is 18.1 Å². The van der Waals surface area contributed by atoms with Gasteiger partial charge in [-0.05, 0) is 67.8 Å². The summed E-state index contributed by atoms with van der Waals surface area (Å²) in [6.07, 6.45) is 2.53. The van der Waals surface area contributed by atoms with Crippen LogP contribution in [0.15, 0.2) is 66.9 Å². The van der Waals surface area contributed by atoms with Gasteiger partial charge in [-0.15, -0.1) is 0 Å². The van der Waals surface area contributed by atoms with E-state index in [1.54, 1.807) is 13.3 Å². The zero-order chi connectivity index (χ0) is 21.3. The number of nitrogens with one attached hydrogen (secondary N) is 2. The van der Waals surface area contributed by atoms with Crippen molar-refractivity contribution in [3.63, 3.8) is 0 Å². The number of hydrogen-bond donors (Lipinski definition) is 2. The molecule has 0 saturated heterocycles. The third-order valence-corrected chi connectivity index (χ3v) is 4.61. The number of anilines is 1. The molecule has 0 fully saturated rings. The van der Waals surface area contributed by atoms with Gasteiger partial charge in [-0.1, -0.05) is 18.2 Å². The summed E-state index contributed by atoms with van der Waals surface area (Å²) in [6.45, 7) is 4.39. The number of rotatable bonds is 9. The van der Waals surface area contributed by atoms with Crippen molar-refractivity contribution in [2.45, 2.75) is 26.3 Å². The largest absolute Gasteiger partial charge is 0.497 e. The highest BCUT2D eigenvalue weighted by atomic mass is 16.5. The van der Waals surface area contributed by atoms with Crippen molar-refractivity contribution >= 4 is 11.6 Å². The van der Waals surface area contributed by atoms with E-state index in [4.69, 9.17) is 9.47 Å². The number of ether oxygens (including phenoxy) is 2. The Morgan fingerprint density at radius 3 is 2.33 bits per heavy atom. The lowest BCUT2D eigenvalue weighted by molar-refractivity contribution is -0.121. The summed E-state index contributed by atoms with van der Waals surface area (Å²) in [6, 6.07) is 18.7. The number of carbonyl (C=O) groups is 1. The first-order chi connectivity index (χ1) is 14.5. The number of benzene rings is 2. The Morgan fingerprint density at radius 2 is 1.70 bits per heavy atom. The van der Waals surface area contributed by atoms with Crippen molar-refractivity contribution in [2.75, 3.05) is 19.0 Å². The summed E-state index contributed by atoms with van der Waals surface area (Å²) in [5.41, 5.74) is 3.07. The minimum absolute atomic E-state index is 0.0484. The Labute approximate surface area is 177 Å². The van der Waals surface area contributed by atoms with Gasteiger partial charge < -0.3 is 20.1 Å². The fraction of sp³-hybridized carbons (Fsp3) is 0.250. The average Bonchev–Trinajstić information content (AvgIpc) is 2.77. The molecule has 1 aromatic heterocycles. The second-order valence-electron chi connectivity index (χ2n) is 7.06. The van der Waals surface area contributed by atoms with E-state index in [0.717, 1.165) is 29.0 Å². The molecule has 156 valence electrons. The number of amides is 1. The minimum atomic E-state index is -0.355. The number of aryl methyl sites for hydroxylation is 1. The second kappa shape index (κ2) is 10.3. The Morgan fingerprint density at radius 1 is 1.00 bits per heavy atom. The molecule has 0 saturated carbocycles. The Kier molecular flexibility index (Phi) is 7.27. The molecule has 3 rings (SSSR count). The highest BCUT2D eigenvalue weighted by molar-refractivity contribution is 5.84. The van der Waals surface area contributed by atoms with Crippen LogP contribution >= 0.6 is 0 Å². The predicted octanol–water partition coefficient (Wildman–Crippen LogP) is 4.35. The van der Waals surface area contributed by atoms with Gasteiger partial charge in [0.15, 0.2) is 0 Å². The first-order valence-corrected chi connectivity index (χ1v) is 9.91. The minimum Gasteiger partial charge on any atom is -0.497 e. The lowest BCUT2D eigenvalue weighted by atomic mass is 10.1. The van der Waals surface area contributed by atoms with Crippen molar-refractivity contribution in [1.29, 1.82) is 0 Å². The smallest absolute Gasteiger partial charge is 0.242 e. The number of nitrogens with zero attached hydrogens (tertiary/aromatic N) is 1. The maximum absolute atomic E-state index is 12.3. The SMILES string of the molecule is COc1ccc(CCNC(=O)C(C)Nc2ccc(Oc3ccc(C)cn3)cc2)cc1. The predicted molar refractivity (Wildman–Crippen MR) is 118 cm³/mol. The Hall–Kier alpha value is -3.54. The van der Waals surface area contributed by atoms with Crippen LogP contribution in [0.2, 0.25) is 0 Å². The normalized spacial score (nSPS) is 11.4. The van der Waals surface area contributed by atoms with Crippen molar-refractivity contribution in [2.24, 2.45) is 0 Å². The van der Waals surface area contributed by atoms with Crippen LogP contribution in [0.25, 0.3) is 0 Å². The lowest BCUT2D eigenvalue weighted by Crippen LogP contribution is -2.38. The van der Waals surface area contributed by atoms with Crippen LogP contribution in [-0.4, -0.2) is 30.6 Å². The molecular weight excluding hydrogens is 378 g/mol. The molecule has 1 amide bonds. The molecule has 0 aliphatic rings. The van der Waals surface area contributed by atoms with Crippen molar-refractivity contribution < 1.29 is 14.3 Å². The average molecular weight is 405 g/mol. The molecule has 3 aromatic rings. The van der Waals surface area contributed by atoms with Crippen LogP contribution in [0, 0.1) is 6.92 Å². The van der Waals surface area contributed by atoms with Crippen LogP contribution in [0.4, 0.5) is 5.69 Å². The van der Waals surface area contributed by atoms with Gasteiger partial charge in [0.25, 0.3) is 0 Å². The summed E-state index contributed by atoms with van der Waals surface area (Å²) in [7, 11) is 1.64. The molecule has 0 aliphatic heterocycles. The van der Waals surface area contributed by atoms with Gasteiger partial charge in [-0.25, -0.2) is 4.98 Å². The van der Waals surface area contributed by atoms with Gasteiger partial charge in [-0.3, -0.25) is 4.79 Å². The summed E-state index contributed by atoms with van der Waals surface area (Å²) in [4.78, 5) is 16.6. The van der Waals surface area contributed by atoms with Crippen LogP contribution in [0.5, 0.6) is 17.4 Å². The monoisotopic (exact) mass is 405 g/mol. The quantitative estimate of drug-likeness (QED) is 0.554. The zero-order valence-corrected chi connectivity index (χ0v) is 17.5. The molecule has 0 spiro atoms. The molecule has 0 bridgehead atoms. The second-order valence-corrected chi connectivity index (χ2v) is 7.06. The molecule has 1 heterocycles. The van der Waals surface area contributed by atoms with E-state index in [2.05, 4.69) is 15.6 Å². The van der Waals surface area contributed by atoms with Crippen LogP contribution < -0.4 is 20.1 Å². The first-order valence-electron chi connectivity index (χ1n) is 9.91. The van der Waals surface area contributed by atoms with E-state index in [0.29, 0.717) is 18.2 Å². The van der Waals surface area contributed by atoms with Gasteiger partial charge in [0.1, 0.15) is 17.5 Å². The van der Waals surface area contributed by atoms with Crippen molar-refractivity contribution in [3.8, 4) is 17.4 Å². The molecule has 2 aromatic carbocycles. The molecule has 30 heavy (non-hydrogen) atoms. The summed E-state index contributed by atoms with van der Waals surface area (Å²) >= 11 is 0. The van der Waals surface area contributed by atoms with E-state index in [9.17, 15) is 4.79 Å². The fourth-order valence-electron chi connectivity index (χ4n) is 2.85. The zero-order valence-electron chi connectivity index (χ0n) is 17.5. The molecular formula is C24H27N3O3. The highest BCUT2D eigenvalue weighted by Crippen LogP contribution is 2.22. The third kappa shape index (κ3) is 6.24. The fourth-order valence-corrected chi connectivity index (χ4v) is 2.85. The molecule has 6 nitrogen and oxygen atoms in total. The third-order valence-electron chi connectivity index (χ3n) is 4.61.